The molecule has 0 aliphatic carbocycles. The second kappa shape index (κ2) is 8.34. The van der Waals surface area contributed by atoms with Crippen molar-refractivity contribution in [1.82, 2.24) is 15.6 Å². The molecular formula is C12H18ClN3OS. The molecule has 1 unspecified atom stereocenters. The SMILES string of the molecule is Cl.O=C(CSc1ccncc1)NC1CCCNC1. The summed E-state index contributed by atoms with van der Waals surface area (Å²) in [5, 5.41) is 6.34. The molecule has 2 heterocycles. The van der Waals surface area contributed by atoms with Crippen LogP contribution in [0.25, 0.3) is 0 Å². The second-order valence-electron chi connectivity index (χ2n) is 4.08. The van der Waals surface area contributed by atoms with E-state index in [4.69, 9.17) is 0 Å². The third-order valence-corrected chi connectivity index (χ3v) is 3.69. The lowest BCUT2D eigenvalue weighted by atomic mass is 10.1. The molecule has 2 rings (SSSR count). The monoisotopic (exact) mass is 287 g/mol. The number of nitrogens with zero attached hydrogens (tertiary/aromatic N) is 1. The summed E-state index contributed by atoms with van der Waals surface area (Å²) >= 11 is 1.54. The Morgan fingerprint density at radius 1 is 1.50 bits per heavy atom. The summed E-state index contributed by atoms with van der Waals surface area (Å²) in [6.45, 7) is 1.96. The number of hydrogen-bond acceptors (Lipinski definition) is 4. The highest BCUT2D eigenvalue weighted by atomic mass is 35.5. The van der Waals surface area contributed by atoms with Gasteiger partial charge in [0.1, 0.15) is 0 Å². The third-order valence-electron chi connectivity index (χ3n) is 2.68. The average Bonchev–Trinajstić information content (AvgIpc) is 2.39. The Morgan fingerprint density at radius 2 is 2.28 bits per heavy atom. The van der Waals surface area contributed by atoms with Crippen molar-refractivity contribution in [3.63, 3.8) is 0 Å². The summed E-state index contributed by atoms with van der Waals surface area (Å²) in [7, 11) is 0. The van der Waals surface area contributed by atoms with E-state index in [9.17, 15) is 4.79 Å². The van der Waals surface area contributed by atoms with Crippen LogP contribution in [0, 0.1) is 0 Å². The number of pyridine rings is 1. The highest BCUT2D eigenvalue weighted by molar-refractivity contribution is 8.00. The minimum Gasteiger partial charge on any atom is -0.351 e. The summed E-state index contributed by atoms with van der Waals surface area (Å²) < 4.78 is 0. The van der Waals surface area contributed by atoms with Crippen LogP contribution in [0.15, 0.2) is 29.4 Å². The van der Waals surface area contributed by atoms with E-state index in [1.54, 1.807) is 24.2 Å². The van der Waals surface area contributed by atoms with Gasteiger partial charge in [0.05, 0.1) is 5.75 Å². The van der Waals surface area contributed by atoms with Crippen LogP contribution in [-0.2, 0) is 4.79 Å². The van der Waals surface area contributed by atoms with Gasteiger partial charge < -0.3 is 10.6 Å². The lowest BCUT2D eigenvalue weighted by Crippen LogP contribution is -2.46. The number of carbonyl (C=O) groups excluding carboxylic acids is 1. The van der Waals surface area contributed by atoms with Gasteiger partial charge in [-0.1, -0.05) is 0 Å². The number of piperidine rings is 1. The minimum atomic E-state index is 0. The second-order valence-corrected chi connectivity index (χ2v) is 5.13. The van der Waals surface area contributed by atoms with Crippen molar-refractivity contribution >= 4 is 30.1 Å². The van der Waals surface area contributed by atoms with Gasteiger partial charge >= 0.3 is 0 Å². The van der Waals surface area contributed by atoms with Crippen molar-refractivity contribution in [2.45, 2.75) is 23.8 Å². The zero-order valence-corrected chi connectivity index (χ0v) is 11.7. The molecule has 6 heteroatoms. The molecule has 100 valence electrons. The molecule has 1 aliphatic heterocycles. The summed E-state index contributed by atoms with van der Waals surface area (Å²) in [6, 6.07) is 4.13. The fourth-order valence-electron chi connectivity index (χ4n) is 1.83. The normalized spacial score (nSPS) is 18.8. The molecule has 0 spiro atoms. The molecular weight excluding hydrogens is 270 g/mol. The van der Waals surface area contributed by atoms with Crippen LogP contribution < -0.4 is 10.6 Å². The smallest absolute Gasteiger partial charge is 0.230 e. The van der Waals surface area contributed by atoms with Crippen LogP contribution >= 0.6 is 24.2 Å². The average molecular weight is 288 g/mol. The van der Waals surface area contributed by atoms with E-state index in [1.807, 2.05) is 12.1 Å². The molecule has 0 radical (unpaired) electrons. The summed E-state index contributed by atoms with van der Waals surface area (Å²) in [6.07, 6.45) is 5.71. The van der Waals surface area contributed by atoms with E-state index in [1.165, 1.54) is 0 Å². The number of halogens is 1. The summed E-state index contributed by atoms with van der Waals surface area (Å²) in [5.41, 5.74) is 0. The Morgan fingerprint density at radius 3 is 2.94 bits per heavy atom. The standard InChI is InChI=1S/C12H17N3OS.ClH/c16-12(15-10-2-1-5-14-8-10)9-17-11-3-6-13-7-4-11;/h3-4,6-7,10,14H,1-2,5,8-9H2,(H,15,16);1H. The molecule has 1 amide bonds. The number of aromatic nitrogens is 1. The van der Waals surface area contributed by atoms with Gasteiger partial charge in [0.2, 0.25) is 5.91 Å². The third kappa shape index (κ3) is 5.25. The first-order chi connectivity index (χ1) is 8.34. The predicted molar refractivity (Wildman–Crippen MR) is 76.2 cm³/mol. The zero-order chi connectivity index (χ0) is 11.9. The van der Waals surface area contributed by atoms with Gasteiger partial charge in [-0.3, -0.25) is 9.78 Å². The van der Waals surface area contributed by atoms with E-state index in [-0.39, 0.29) is 18.3 Å². The molecule has 4 nitrogen and oxygen atoms in total. The quantitative estimate of drug-likeness (QED) is 0.824. The highest BCUT2D eigenvalue weighted by Gasteiger charge is 2.14. The van der Waals surface area contributed by atoms with Gasteiger partial charge in [-0.05, 0) is 31.5 Å². The first-order valence-electron chi connectivity index (χ1n) is 5.87. The Balaban J connectivity index is 0.00000162. The molecule has 0 aromatic carbocycles. The highest BCUT2D eigenvalue weighted by Crippen LogP contribution is 2.15. The molecule has 1 aliphatic rings. The van der Waals surface area contributed by atoms with Crippen LogP contribution in [0.3, 0.4) is 0 Å². The maximum atomic E-state index is 11.7. The van der Waals surface area contributed by atoms with Crippen LogP contribution in [0.5, 0.6) is 0 Å². The van der Waals surface area contributed by atoms with Crippen LogP contribution in [0.1, 0.15) is 12.8 Å². The van der Waals surface area contributed by atoms with Gasteiger partial charge in [-0.2, -0.15) is 0 Å². The fraction of sp³-hybridized carbons (Fsp3) is 0.500. The fourth-order valence-corrected chi connectivity index (χ4v) is 2.52. The van der Waals surface area contributed by atoms with E-state index in [0.29, 0.717) is 11.8 Å². The number of hydrogen-bond donors (Lipinski definition) is 2. The first kappa shape index (κ1) is 15.3. The minimum absolute atomic E-state index is 0. The van der Waals surface area contributed by atoms with E-state index in [2.05, 4.69) is 15.6 Å². The summed E-state index contributed by atoms with van der Waals surface area (Å²) in [4.78, 5) is 16.7. The Kier molecular flexibility index (Phi) is 7.08. The van der Waals surface area contributed by atoms with Gasteiger partial charge in [-0.25, -0.2) is 0 Å². The zero-order valence-electron chi connectivity index (χ0n) is 10.1. The van der Waals surface area contributed by atoms with Crippen LogP contribution in [0.2, 0.25) is 0 Å². The van der Waals surface area contributed by atoms with Crippen LogP contribution in [0.4, 0.5) is 0 Å². The van der Waals surface area contributed by atoms with Crippen LogP contribution in [-0.4, -0.2) is 35.8 Å². The maximum absolute atomic E-state index is 11.7. The lowest BCUT2D eigenvalue weighted by Gasteiger charge is -2.23. The van der Waals surface area contributed by atoms with Gasteiger partial charge in [0.15, 0.2) is 0 Å². The molecule has 18 heavy (non-hydrogen) atoms. The van der Waals surface area contributed by atoms with E-state index in [0.717, 1.165) is 30.8 Å². The molecule has 1 aromatic heterocycles. The number of carbonyl (C=O) groups is 1. The summed E-state index contributed by atoms with van der Waals surface area (Å²) in [5.74, 6) is 0.584. The molecule has 1 aromatic rings. The lowest BCUT2D eigenvalue weighted by molar-refractivity contribution is -0.119. The van der Waals surface area contributed by atoms with Crippen molar-refractivity contribution in [3.05, 3.63) is 24.5 Å². The Labute approximate surface area is 118 Å². The number of amides is 1. The largest absolute Gasteiger partial charge is 0.351 e. The number of rotatable bonds is 4. The molecule has 0 bridgehead atoms. The van der Waals surface area contributed by atoms with E-state index >= 15 is 0 Å². The van der Waals surface area contributed by atoms with Crippen molar-refractivity contribution in [1.29, 1.82) is 0 Å². The van der Waals surface area contributed by atoms with Crippen molar-refractivity contribution in [2.75, 3.05) is 18.8 Å². The predicted octanol–water partition coefficient (Wildman–Crippen LogP) is 1.46. The molecule has 2 N–H and O–H groups in total. The van der Waals surface area contributed by atoms with Gasteiger partial charge in [0.25, 0.3) is 0 Å². The van der Waals surface area contributed by atoms with Gasteiger partial charge in [0, 0.05) is 29.9 Å². The Hall–Kier alpha value is -0.780. The number of thioether (sulfide) groups is 1. The Bertz CT molecular complexity index is 358. The van der Waals surface area contributed by atoms with Crippen molar-refractivity contribution < 1.29 is 4.79 Å². The van der Waals surface area contributed by atoms with Crippen molar-refractivity contribution in [2.24, 2.45) is 0 Å². The molecule has 1 fully saturated rings. The van der Waals surface area contributed by atoms with Crippen molar-refractivity contribution in [3.8, 4) is 0 Å². The topological polar surface area (TPSA) is 54.0 Å². The molecule has 1 saturated heterocycles. The first-order valence-corrected chi connectivity index (χ1v) is 6.86. The molecule has 0 saturated carbocycles. The maximum Gasteiger partial charge on any atom is 0.230 e. The molecule has 1 atom stereocenters. The van der Waals surface area contributed by atoms with E-state index < -0.39 is 0 Å². The number of nitrogens with one attached hydrogen (secondary N) is 2. The van der Waals surface area contributed by atoms with Gasteiger partial charge in [-0.15, -0.1) is 24.2 Å².